The monoisotopic (exact) mass is 281 g/mol. The summed E-state index contributed by atoms with van der Waals surface area (Å²) in [5.74, 6) is 0. The van der Waals surface area contributed by atoms with Crippen molar-refractivity contribution in [2.45, 2.75) is 30.0 Å². The van der Waals surface area contributed by atoms with Crippen molar-refractivity contribution in [2.24, 2.45) is 4.03 Å². The van der Waals surface area contributed by atoms with Gasteiger partial charge in [0.1, 0.15) is 0 Å². The first-order valence-corrected chi connectivity index (χ1v) is 9.92. The van der Waals surface area contributed by atoms with Gasteiger partial charge in [-0.15, -0.1) is 0 Å². The fourth-order valence-corrected chi connectivity index (χ4v) is 5.94. The van der Waals surface area contributed by atoms with Gasteiger partial charge in [0.2, 0.25) is 0 Å². The first-order chi connectivity index (χ1) is 7.56. The van der Waals surface area contributed by atoms with E-state index in [0.29, 0.717) is 0 Å². The van der Waals surface area contributed by atoms with E-state index >= 15 is 0 Å². The number of benzene rings is 1. The Labute approximate surface area is 100 Å². The molecule has 0 radical (unpaired) electrons. The molecule has 7 heteroatoms. The largest absolute Gasteiger partial charge is 0.482 e. The van der Waals surface area contributed by atoms with Gasteiger partial charge in [0.05, 0.1) is 4.90 Å². The van der Waals surface area contributed by atoms with Gasteiger partial charge in [-0.05, 0) is 31.8 Å². The average molecular weight is 281 g/mol. The van der Waals surface area contributed by atoms with Gasteiger partial charge in [0, 0.05) is 0 Å². The zero-order valence-electron chi connectivity index (χ0n) is 9.78. The maximum atomic E-state index is 13.0. The van der Waals surface area contributed by atoms with Crippen LogP contribution in [0.3, 0.4) is 0 Å². The molecule has 0 heterocycles. The second kappa shape index (κ2) is 4.45. The van der Waals surface area contributed by atoms with Crippen LogP contribution in [0.1, 0.15) is 0 Å². The second-order valence-electron chi connectivity index (χ2n) is 4.55. The van der Waals surface area contributed by atoms with Crippen molar-refractivity contribution in [3.8, 4) is 0 Å². The van der Waals surface area contributed by atoms with E-state index in [4.69, 9.17) is 0 Å². The molecular weight excluding hydrogens is 267 g/mol. The number of halogens is 3. The Morgan fingerprint density at radius 3 is 1.94 bits per heavy atom. The van der Waals surface area contributed by atoms with Gasteiger partial charge in [-0.25, -0.2) is 4.21 Å². The van der Waals surface area contributed by atoms with Crippen LogP contribution in [0.2, 0.25) is 19.6 Å². The predicted octanol–water partition coefficient (Wildman–Crippen LogP) is 3.87. The van der Waals surface area contributed by atoms with Gasteiger partial charge in [0.25, 0.3) is 0 Å². The minimum Gasteiger partial charge on any atom is -0.267 e. The van der Waals surface area contributed by atoms with E-state index in [9.17, 15) is 17.4 Å². The Kier molecular flexibility index (Phi) is 3.73. The Bertz CT molecular complexity index is 499. The minimum atomic E-state index is -4.84. The Hall–Kier alpha value is -0.823. The lowest BCUT2D eigenvalue weighted by molar-refractivity contribution is -0.0402. The molecule has 1 aromatic carbocycles. The molecule has 0 saturated heterocycles. The molecule has 0 aromatic heterocycles. The predicted molar refractivity (Wildman–Crippen MR) is 64.7 cm³/mol. The number of alkyl halides is 3. The SMILES string of the molecule is C[Si](C)(C)N=S(=O)(c1ccccc1)C(F)(F)F. The lowest BCUT2D eigenvalue weighted by Crippen LogP contribution is -2.29. The standard InChI is InChI=1S/C10H14F3NOSSi/c1-17(2,3)14-16(15,10(11,12)13)9-7-5-4-6-8-9/h4-8H,1-3H3. The second-order valence-corrected chi connectivity index (χ2v) is 11.6. The van der Waals surface area contributed by atoms with Crippen LogP contribution in [0.15, 0.2) is 39.3 Å². The first-order valence-electron chi connectivity index (χ1n) is 4.96. The molecule has 2 nitrogen and oxygen atoms in total. The zero-order valence-corrected chi connectivity index (χ0v) is 11.6. The van der Waals surface area contributed by atoms with E-state index < -0.39 is 23.5 Å². The molecule has 17 heavy (non-hydrogen) atoms. The molecule has 1 rings (SSSR count). The van der Waals surface area contributed by atoms with E-state index in [2.05, 4.69) is 4.03 Å². The molecule has 0 N–H and O–H groups in total. The van der Waals surface area contributed by atoms with Crippen LogP contribution in [0, 0.1) is 0 Å². The lowest BCUT2D eigenvalue weighted by Gasteiger charge is -2.18. The van der Waals surface area contributed by atoms with Crippen molar-refractivity contribution in [2.75, 3.05) is 0 Å². The molecule has 0 saturated carbocycles. The summed E-state index contributed by atoms with van der Waals surface area (Å²) in [5.41, 5.74) is -4.84. The van der Waals surface area contributed by atoms with E-state index in [1.54, 1.807) is 25.7 Å². The normalized spacial score (nSPS) is 16.4. The molecular formula is C10H14F3NOSSi. The van der Waals surface area contributed by atoms with Gasteiger partial charge in [-0.2, -0.15) is 13.2 Å². The Morgan fingerprint density at radius 1 is 1.12 bits per heavy atom. The smallest absolute Gasteiger partial charge is 0.267 e. The summed E-state index contributed by atoms with van der Waals surface area (Å²) in [5, 5.41) is 0. The van der Waals surface area contributed by atoms with Crippen LogP contribution in [-0.4, -0.2) is 18.0 Å². The van der Waals surface area contributed by atoms with Crippen molar-refractivity contribution in [1.29, 1.82) is 0 Å². The van der Waals surface area contributed by atoms with E-state index in [0.717, 1.165) is 0 Å². The lowest BCUT2D eigenvalue weighted by atomic mass is 10.4. The van der Waals surface area contributed by atoms with Crippen LogP contribution in [0.4, 0.5) is 13.2 Å². The highest BCUT2D eigenvalue weighted by molar-refractivity contribution is 7.95. The van der Waals surface area contributed by atoms with Crippen LogP contribution < -0.4 is 0 Å². The van der Waals surface area contributed by atoms with E-state index in [-0.39, 0.29) is 4.90 Å². The molecule has 0 aliphatic heterocycles. The van der Waals surface area contributed by atoms with Gasteiger partial charge < -0.3 is 0 Å². The van der Waals surface area contributed by atoms with Crippen molar-refractivity contribution in [3.05, 3.63) is 30.3 Å². The molecule has 0 bridgehead atoms. The topological polar surface area (TPSA) is 29.4 Å². The fraction of sp³-hybridized carbons (Fsp3) is 0.400. The van der Waals surface area contributed by atoms with Crippen molar-refractivity contribution >= 4 is 18.0 Å². The summed E-state index contributed by atoms with van der Waals surface area (Å²) in [6.45, 7) is 4.88. The zero-order chi connectivity index (χ0) is 13.3. The van der Waals surface area contributed by atoms with Crippen molar-refractivity contribution < 1.29 is 17.4 Å². The van der Waals surface area contributed by atoms with Gasteiger partial charge in [0.15, 0.2) is 18.0 Å². The molecule has 0 spiro atoms. The molecule has 0 amide bonds. The number of rotatable bonds is 2. The fourth-order valence-electron chi connectivity index (χ4n) is 1.23. The third-order valence-corrected chi connectivity index (χ3v) is 6.54. The van der Waals surface area contributed by atoms with E-state index in [1.807, 2.05) is 0 Å². The maximum Gasteiger partial charge on any atom is 0.482 e. The highest BCUT2D eigenvalue weighted by atomic mass is 32.2. The van der Waals surface area contributed by atoms with Gasteiger partial charge in [-0.3, -0.25) is 4.03 Å². The molecule has 1 unspecified atom stereocenters. The Morgan fingerprint density at radius 2 is 1.59 bits per heavy atom. The summed E-state index contributed by atoms with van der Waals surface area (Å²) < 4.78 is 54.7. The van der Waals surface area contributed by atoms with Gasteiger partial charge >= 0.3 is 5.51 Å². The van der Waals surface area contributed by atoms with E-state index in [1.165, 1.54) is 24.3 Å². The quantitative estimate of drug-likeness (QED) is 0.757. The maximum absolute atomic E-state index is 13.0. The minimum absolute atomic E-state index is 0.269. The number of hydrogen-bond acceptors (Lipinski definition) is 2. The van der Waals surface area contributed by atoms with Crippen LogP contribution in [0.25, 0.3) is 0 Å². The van der Waals surface area contributed by atoms with Crippen LogP contribution >= 0.6 is 0 Å². The average Bonchev–Trinajstić information content (AvgIpc) is 2.14. The molecule has 1 aromatic rings. The first kappa shape index (κ1) is 14.2. The molecule has 0 fully saturated rings. The summed E-state index contributed by atoms with van der Waals surface area (Å²) in [4.78, 5) is -0.269. The highest BCUT2D eigenvalue weighted by Gasteiger charge is 2.45. The summed E-state index contributed by atoms with van der Waals surface area (Å²) in [6, 6.07) is 6.86. The molecule has 1 atom stereocenters. The summed E-state index contributed by atoms with van der Waals surface area (Å²) in [6.07, 6.45) is 0. The molecule has 0 aliphatic carbocycles. The number of hydrogen-bond donors (Lipinski definition) is 0. The molecule has 0 aliphatic rings. The molecule has 96 valence electrons. The number of nitrogens with zero attached hydrogens (tertiary/aromatic N) is 1. The van der Waals surface area contributed by atoms with Crippen molar-refractivity contribution in [1.82, 2.24) is 0 Å². The van der Waals surface area contributed by atoms with Gasteiger partial charge in [-0.1, -0.05) is 18.2 Å². The summed E-state index contributed by atoms with van der Waals surface area (Å²) >= 11 is 0. The summed E-state index contributed by atoms with van der Waals surface area (Å²) in [7, 11) is -6.81. The third kappa shape index (κ3) is 3.32. The van der Waals surface area contributed by atoms with Crippen LogP contribution in [0.5, 0.6) is 0 Å². The third-order valence-electron chi connectivity index (χ3n) is 1.78. The van der Waals surface area contributed by atoms with Crippen LogP contribution in [-0.2, 0) is 9.73 Å². The Balaban J connectivity index is 3.55. The highest BCUT2D eigenvalue weighted by Crippen LogP contribution is 2.34. The van der Waals surface area contributed by atoms with Crippen molar-refractivity contribution in [3.63, 3.8) is 0 Å².